The van der Waals surface area contributed by atoms with E-state index in [1.165, 1.54) is 11.3 Å². The second-order valence-electron chi connectivity index (χ2n) is 8.98. The maximum Gasteiger partial charge on any atom is 0.234 e. The topological polar surface area (TPSA) is 72.3 Å². The van der Waals surface area contributed by atoms with Crippen LogP contribution in [0.3, 0.4) is 0 Å². The SMILES string of the molecule is Cc1c(C)n(Cc2ccccc2)c2ncnc(OC3CCN(CC(=O)NC(C)C)CC3)c12. The first-order valence-corrected chi connectivity index (χ1v) is 11.4. The van der Waals surface area contributed by atoms with Crippen molar-refractivity contribution in [2.75, 3.05) is 19.6 Å². The zero-order valence-electron chi connectivity index (χ0n) is 19.5. The second-order valence-corrected chi connectivity index (χ2v) is 8.98. The van der Waals surface area contributed by atoms with E-state index in [1.807, 2.05) is 19.9 Å². The fourth-order valence-electron chi connectivity index (χ4n) is 4.40. The number of amides is 1. The average molecular weight is 436 g/mol. The van der Waals surface area contributed by atoms with E-state index in [9.17, 15) is 4.79 Å². The molecule has 0 spiro atoms. The molecule has 1 aliphatic heterocycles. The number of likely N-dealkylation sites (tertiary alicyclic amines) is 1. The minimum Gasteiger partial charge on any atom is -0.474 e. The smallest absolute Gasteiger partial charge is 0.234 e. The lowest BCUT2D eigenvalue weighted by Gasteiger charge is -2.31. The summed E-state index contributed by atoms with van der Waals surface area (Å²) in [6, 6.07) is 10.6. The molecule has 1 amide bonds. The van der Waals surface area contributed by atoms with Gasteiger partial charge in [-0.25, -0.2) is 9.97 Å². The van der Waals surface area contributed by atoms with Gasteiger partial charge in [0, 0.05) is 31.4 Å². The van der Waals surface area contributed by atoms with E-state index in [0.717, 1.165) is 49.1 Å². The summed E-state index contributed by atoms with van der Waals surface area (Å²) in [7, 11) is 0. The van der Waals surface area contributed by atoms with Crippen LogP contribution >= 0.6 is 0 Å². The number of nitrogens with one attached hydrogen (secondary N) is 1. The average Bonchev–Trinajstić information content (AvgIpc) is 3.01. The third-order valence-electron chi connectivity index (χ3n) is 6.18. The van der Waals surface area contributed by atoms with Gasteiger partial charge in [0.1, 0.15) is 18.1 Å². The second kappa shape index (κ2) is 9.69. The summed E-state index contributed by atoms with van der Waals surface area (Å²) in [5.41, 5.74) is 4.49. The third kappa shape index (κ3) is 4.93. The number of hydrogen-bond acceptors (Lipinski definition) is 5. The van der Waals surface area contributed by atoms with E-state index in [1.54, 1.807) is 6.33 Å². The molecule has 4 rings (SSSR count). The van der Waals surface area contributed by atoms with Crippen LogP contribution in [0, 0.1) is 13.8 Å². The number of ether oxygens (including phenoxy) is 1. The van der Waals surface area contributed by atoms with Crippen molar-refractivity contribution in [3.05, 3.63) is 53.5 Å². The molecule has 32 heavy (non-hydrogen) atoms. The van der Waals surface area contributed by atoms with Crippen LogP contribution in [-0.2, 0) is 11.3 Å². The highest BCUT2D eigenvalue weighted by molar-refractivity contribution is 5.86. The van der Waals surface area contributed by atoms with Crippen molar-refractivity contribution in [3.8, 4) is 5.88 Å². The predicted molar refractivity (Wildman–Crippen MR) is 126 cm³/mol. The van der Waals surface area contributed by atoms with Gasteiger partial charge in [-0.2, -0.15) is 0 Å². The summed E-state index contributed by atoms with van der Waals surface area (Å²) in [6.45, 7) is 11.1. The molecule has 0 saturated carbocycles. The molecule has 1 aliphatic rings. The maximum atomic E-state index is 12.0. The quantitative estimate of drug-likeness (QED) is 0.615. The van der Waals surface area contributed by atoms with E-state index in [4.69, 9.17) is 4.74 Å². The Morgan fingerprint density at radius 2 is 1.88 bits per heavy atom. The lowest BCUT2D eigenvalue weighted by Crippen LogP contribution is -2.45. The van der Waals surface area contributed by atoms with Crippen LogP contribution in [0.2, 0.25) is 0 Å². The Hall–Kier alpha value is -2.93. The summed E-state index contributed by atoms with van der Waals surface area (Å²) in [5.74, 6) is 0.751. The van der Waals surface area contributed by atoms with Gasteiger partial charge >= 0.3 is 0 Å². The van der Waals surface area contributed by atoms with Crippen LogP contribution < -0.4 is 10.1 Å². The Labute approximate surface area is 189 Å². The van der Waals surface area contributed by atoms with E-state index in [-0.39, 0.29) is 18.1 Å². The number of benzene rings is 1. The monoisotopic (exact) mass is 435 g/mol. The summed E-state index contributed by atoms with van der Waals surface area (Å²) in [6.07, 6.45) is 3.45. The highest BCUT2D eigenvalue weighted by atomic mass is 16.5. The Kier molecular flexibility index (Phi) is 6.74. The summed E-state index contributed by atoms with van der Waals surface area (Å²) >= 11 is 0. The zero-order valence-corrected chi connectivity index (χ0v) is 19.5. The molecule has 3 heterocycles. The van der Waals surface area contributed by atoms with Gasteiger partial charge < -0.3 is 14.6 Å². The van der Waals surface area contributed by atoms with Gasteiger partial charge in [0.25, 0.3) is 0 Å². The number of fused-ring (bicyclic) bond motifs is 1. The molecule has 1 N–H and O–H groups in total. The molecule has 1 fully saturated rings. The van der Waals surface area contributed by atoms with Crippen molar-refractivity contribution >= 4 is 16.9 Å². The van der Waals surface area contributed by atoms with Gasteiger partial charge in [0.2, 0.25) is 11.8 Å². The van der Waals surface area contributed by atoms with E-state index in [2.05, 4.69) is 62.9 Å². The molecule has 1 saturated heterocycles. The number of aromatic nitrogens is 3. The largest absolute Gasteiger partial charge is 0.474 e. The molecule has 170 valence electrons. The first-order valence-electron chi connectivity index (χ1n) is 11.4. The third-order valence-corrected chi connectivity index (χ3v) is 6.18. The number of carbonyl (C=O) groups excluding carboxylic acids is 1. The molecule has 0 bridgehead atoms. The fraction of sp³-hybridized carbons (Fsp3) is 0.480. The molecule has 1 aromatic carbocycles. The summed E-state index contributed by atoms with van der Waals surface area (Å²) in [5, 5.41) is 3.96. The highest BCUT2D eigenvalue weighted by Crippen LogP contribution is 2.32. The number of nitrogens with zero attached hydrogens (tertiary/aromatic N) is 4. The van der Waals surface area contributed by atoms with Crippen LogP contribution in [0.15, 0.2) is 36.7 Å². The molecular formula is C25H33N5O2. The predicted octanol–water partition coefficient (Wildman–Crippen LogP) is 3.46. The Morgan fingerprint density at radius 3 is 2.56 bits per heavy atom. The first kappa shape index (κ1) is 22.3. The standard InChI is InChI=1S/C25H33N5O2/c1-17(2)28-22(31)15-29-12-10-21(11-13-29)32-25-23-18(3)19(4)30(24(23)26-16-27-25)14-20-8-6-5-7-9-20/h5-9,16-17,21H,10-15H2,1-4H3,(H,28,31). The Balaban J connectivity index is 1.46. The normalized spacial score (nSPS) is 15.4. The molecule has 0 atom stereocenters. The molecule has 7 heteroatoms. The van der Waals surface area contributed by atoms with Crippen molar-refractivity contribution in [2.45, 2.75) is 59.2 Å². The van der Waals surface area contributed by atoms with Crippen LogP contribution in [0.4, 0.5) is 0 Å². The molecular weight excluding hydrogens is 402 g/mol. The summed E-state index contributed by atoms with van der Waals surface area (Å²) < 4.78 is 8.63. The maximum absolute atomic E-state index is 12.0. The Bertz CT molecular complexity index is 1070. The van der Waals surface area contributed by atoms with Gasteiger partial charge in [-0.1, -0.05) is 30.3 Å². The van der Waals surface area contributed by atoms with Crippen molar-refractivity contribution in [1.82, 2.24) is 24.8 Å². The molecule has 0 unspecified atom stereocenters. The molecule has 2 aromatic heterocycles. The minimum atomic E-state index is 0.0859. The van der Waals surface area contributed by atoms with Crippen molar-refractivity contribution in [3.63, 3.8) is 0 Å². The lowest BCUT2D eigenvalue weighted by atomic mass is 10.1. The number of hydrogen-bond donors (Lipinski definition) is 1. The van der Waals surface area contributed by atoms with Crippen LogP contribution in [0.25, 0.3) is 11.0 Å². The number of piperidine rings is 1. The van der Waals surface area contributed by atoms with E-state index in [0.29, 0.717) is 12.4 Å². The van der Waals surface area contributed by atoms with E-state index >= 15 is 0 Å². The molecule has 0 radical (unpaired) electrons. The molecule has 0 aliphatic carbocycles. The van der Waals surface area contributed by atoms with Crippen LogP contribution in [0.5, 0.6) is 5.88 Å². The van der Waals surface area contributed by atoms with Crippen molar-refractivity contribution in [2.24, 2.45) is 0 Å². The van der Waals surface area contributed by atoms with Gasteiger partial charge in [0.15, 0.2) is 0 Å². The van der Waals surface area contributed by atoms with Crippen molar-refractivity contribution in [1.29, 1.82) is 0 Å². The van der Waals surface area contributed by atoms with Crippen LogP contribution in [0.1, 0.15) is 43.5 Å². The van der Waals surface area contributed by atoms with E-state index < -0.39 is 0 Å². The summed E-state index contributed by atoms with van der Waals surface area (Å²) in [4.78, 5) is 23.3. The number of rotatable bonds is 7. The highest BCUT2D eigenvalue weighted by Gasteiger charge is 2.25. The molecule has 7 nitrogen and oxygen atoms in total. The number of carbonyl (C=O) groups is 1. The van der Waals surface area contributed by atoms with Crippen molar-refractivity contribution < 1.29 is 9.53 Å². The molecule has 3 aromatic rings. The van der Waals surface area contributed by atoms with Gasteiger partial charge in [0.05, 0.1) is 11.9 Å². The lowest BCUT2D eigenvalue weighted by molar-refractivity contribution is -0.123. The first-order chi connectivity index (χ1) is 15.4. The van der Waals surface area contributed by atoms with Gasteiger partial charge in [-0.3, -0.25) is 9.69 Å². The number of aryl methyl sites for hydroxylation is 1. The van der Waals surface area contributed by atoms with Crippen LogP contribution in [-0.4, -0.2) is 57.1 Å². The Morgan fingerprint density at radius 1 is 1.16 bits per heavy atom. The fourth-order valence-corrected chi connectivity index (χ4v) is 4.40. The van der Waals surface area contributed by atoms with Gasteiger partial charge in [-0.15, -0.1) is 0 Å². The van der Waals surface area contributed by atoms with Gasteiger partial charge in [-0.05, 0) is 51.7 Å². The zero-order chi connectivity index (χ0) is 22.7. The minimum absolute atomic E-state index is 0.0859.